The number of aliphatic hydroxyl groups is 1. The molecule has 1 aromatic carbocycles. The van der Waals surface area contributed by atoms with Gasteiger partial charge in [0, 0.05) is 26.2 Å². The van der Waals surface area contributed by atoms with E-state index in [9.17, 15) is 0 Å². The van der Waals surface area contributed by atoms with Crippen LogP contribution in [0.2, 0.25) is 0 Å². The minimum Gasteiger partial charge on any atom is -0.395 e. The number of fused-ring (bicyclic) bond motifs is 1. The molecular formula is C15H22N2O. The van der Waals surface area contributed by atoms with Crippen LogP contribution in [-0.2, 0) is 19.5 Å². The summed E-state index contributed by atoms with van der Waals surface area (Å²) in [5, 5.41) is 12.4. The molecule has 0 aromatic heterocycles. The second kappa shape index (κ2) is 6.69. The summed E-state index contributed by atoms with van der Waals surface area (Å²) in [5.74, 6) is 0. The van der Waals surface area contributed by atoms with Crippen molar-refractivity contribution in [1.82, 2.24) is 10.2 Å². The van der Waals surface area contributed by atoms with Crippen molar-refractivity contribution in [3.63, 3.8) is 0 Å². The van der Waals surface area contributed by atoms with Gasteiger partial charge < -0.3 is 10.4 Å². The summed E-state index contributed by atoms with van der Waals surface area (Å²) in [7, 11) is 0. The van der Waals surface area contributed by atoms with E-state index in [1.807, 2.05) is 6.08 Å². The summed E-state index contributed by atoms with van der Waals surface area (Å²) < 4.78 is 0. The molecule has 1 aromatic rings. The number of benzene rings is 1. The van der Waals surface area contributed by atoms with Gasteiger partial charge in [-0.15, -0.1) is 6.58 Å². The first kappa shape index (κ1) is 13.3. The molecule has 0 atom stereocenters. The van der Waals surface area contributed by atoms with Gasteiger partial charge in [-0.3, -0.25) is 4.90 Å². The molecule has 18 heavy (non-hydrogen) atoms. The highest BCUT2D eigenvalue weighted by Gasteiger charge is 2.10. The zero-order chi connectivity index (χ0) is 12.8. The van der Waals surface area contributed by atoms with Crippen LogP contribution >= 0.6 is 0 Å². The topological polar surface area (TPSA) is 35.5 Å². The second-order valence-corrected chi connectivity index (χ2v) is 4.78. The Kier molecular flexibility index (Phi) is 4.93. The van der Waals surface area contributed by atoms with Crippen LogP contribution in [0.5, 0.6) is 0 Å². The van der Waals surface area contributed by atoms with Crippen molar-refractivity contribution < 1.29 is 5.11 Å². The molecule has 0 unspecified atom stereocenters. The predicted octanol–water partition coefficient (Wildman–Crippen LogP) is 1.31. The van der Waals surface area contributed by atoms with Gasteiger partial charge in [0.15, 0.2) is 0 Å². The van der Waals surface area contributed by atoms with Crippen LogP contribution in [0.1, 0.15) is 16.7 Å². The highest BCUT2D eigenvalue weighted by atomic mass is 16.3. The van der Waals surface area contributed by atoms with Gasteiger partial charge in [0.1, 0.15) is 0 Å². The summed E-state index contributed by atoms with van der Waals surface area (Å²) in [6.07, 6.45) is 3.01. The van der Waals surface area contributed by atoms with Crippen LogP contribution in [0.25, 0.3) is 0 Å². The van der Waals surface area contributed by atoms with E-state index in [1.54, 1.807) is 0 Å². The zero-order valence-corrected chi connectivity index (χ0v) is 10.9. The largest absolute Gasteiger partial charge is 0.395 e. The highest BCUT2D eigenvalue weighted by Crippen LogP contribution is 2.17. The lowest BCUT2D eigenvalue weighted by Gasteiger charge is -2.22. The fraction of sp³-hybridized carbons (Fsp3) is 0.467. The maximum atomic E-state index is 9.05. The summed E-state index contributed by atoms with van der Waals surface area (Å²) in [5.41, 5.74) is 4.20. The van der Waals surface area contributed by atoms with Crippen LogP contribution in [0, 0.1) is 0 Å². The van der Waals surface area contributed by atoms with Crippen molar-refractivity contribution in [3.05, 3.63) is 47.5 Å². The molecule has 0 amide bonds. The lowest BCUT2D eigenvalue weighted by molar-refractivity contribution is 0.203. The van der Waals surface area contributed by atoms with Crippen molar-refractivity contribution in [2.24, 2.45) is 0 Å². The van der Waals surface area contributed by atoms with E-state index >= 15 is 0 Å². The van der Waals surface area contributed by atoms with Crippen LogP contribution < -0.4 is 5.32 Å². The molecule has 0 fully saturated rings. The van der Waals surface area contributed by atoms with Gasteiger partial charge in [-0.2, -0.15) is 0 Å². The van der Waals surface area contributed by atoms with Gasteiger partial charge in [-0.05, 0) is 29.7 Å². The Morgan fingerprint density at radius 1 is 1.39 bits per heavy atom. The second-order valence-electron chi connectivity index (χ2n) is 4.78. The summed E-state index contributed by atoms with van der Waals surface area (Å²) in [6, 6.07) is 6.74. The Morgan fingerprint density at radius 2 is 2.28 bits per heavy atom. The van der Waals surface area contributed by atoms with Crippen LogP contribution in [0.15, 0.2) is 30.9 Å². The van der Waals surface area contributed by atoms with Crippen LogP contribution in [-0.4, -0.2) is 36.2 Å². The third kappa shape index (κ3) is 3.42. The maximum absolute atomic E-state index is 9.05. The fourth-order valence-corrected chi connectivity index (χ4v) is 2.45. The zero-order valence-electron chi connectivity index (χ0n) is 10.9. The van der Waals surface area contributed by atoms with Gasteiger partial charge >= 0.3 is 0 Å². The van der Waals surface area contributed by atoms with E-state index in [0.29, 0.717) is 6.54 Å². The van der Waals surface area contributed by atoms with E-state index in [-0.39, 0.29) is 6.61 Å². The third-order valence-electron chi connectivity index (χ3n) is 3.37. The normalized spacial score (nSPS) is 14.6. The summed E-state index contributed by atoms with van der Waals surface area (Å²) >= 11 is 0. The Labute approximate surface area is 109 Å². The monoisotopic (exact) mass is 246 g/mol. The molecule has 3 nitrogen and oxygen atoms in total. The van der Waals surface area contributed by atoms with Gasteiger partial charge in [0.2, 0.25) is 0 Å². The van der Waals surface area contributed by atoms with E-state index in [1.165, 1.54) is 16.7 Å². The Morgan fingerprint density at radius 3 is 3.06 bits per heavy atom. The minimum absolute atomic E-state index is 0.195. The van der Waals surface area contributed by atoms with E-state index in [0.717, 1.165) is 32.6 Å². The minimum atomic E-state index is 0.195. The van der Waals surface area contributed by atoms with Crippen LogP contribution in [0.4, 0.5) is 0 Å². The lowest BCUT2D eigenvalue weighted by atomic mass is 9.98. The number of nitrogens with zero attached hydrogens (tertiary/aromatic N) is 1. The Bertz CT molecular complexity index is 403. The first-order valence-corrected chi connectivity index (χ1v) is 6.59. The summed E-state index contributed by atoms with van der Waals surface area (Å²) in [4.78, 5) is 2.20. The smallest absolute Gasteiger partial charge is 0.0558 e. The standard InChI is InChI=1S/C15H22N2O/c1-2-7-17(8-9-18)12-13-3-4-14-5-6-16-11-15(14)10-13/h2-4,10,16,18H,1,5-9,11-12H2. The maximum Gasteiger partial charge on any atom is 0.0558 e. The average Bonchev–Trinajstić information content (AvgIpc) is 2.39. The van der Waals surface area contributed by atoms with Crippen molar-refractivity contribution in [3.8, 4) is 0 Å². The van der Waals surface area contributed by atoms with E-state index in [4.69, 9.17) is 5.11 Å². The fourth-order valence-electron chi connectivity index (χ4n) is 2.45. The first-order chi connectivity index (χ1) is 8.83. The molecule has 0 bridgehead atoms. The van der Waals surface area contributed by atoms with Crippen molar-refractivity contribution in [2.75, 3.05) is 26.2 Å². The SMILES string of the molecule is C=CCN(CCO)Cc1ccc2c(c1)CNCC2. The third-order valence-corrected chi connectivity index (χ3v) is 3.37. The van der Waals surface area contributed by atoms with Crippen molar-refractivity contribution in [1.29, 1.82) is 0 Å². The number of nitrogens with one attached hydrogen (secondary N) is 1. The van der Waals surface area contributed by atoms with E-state index < -0.39 is 0 Å². The number of rotatable bonds is 6. The molecule has 1 heterocycles. The quantitative estimate of drug-likeness (QED) is 0.743. The van der Waals surface area contributed by atoms with E-state index in [2.05, 4.69) is 35.0 Å². The van der Waals surface area contributed by atoms with Crippen molar-refractivity contribution in [2.45, 2.75) is 19.5 Å². The van der Waals surface area contributed by atoms with Gasteiger partial charge in [0.25, 0.3) is 0 Å². The van der Waals surface area contributed by atoms with Gasteiger partial charge in [-0.25, -0.2) is 0 Å². The lowest BCUT2D eigenvalue weighted by Crippen LogP contribution is -2.27. The van der Waals surface area contributed by atoms with Gasteiger partial charge in [0.05, 0.1) is 6.61 Å². The molecule has 1 aliphatic heterocycles. The molecular weight excluding hydrogens is 224 g/mol. The molecule has 2 N–H and O–H groups in total. The molecule has 3 heteroatoms. The number of hydrogen-bond acceptors (Lipinski definition) is 3. The Balaban J connectivity index is 2.05. The molecule has 0 spiro atoms. The number of aliphatic hydroxyl groups excluding tert-OH is 1. The molecule has 0 saturated carbocycles. The predicted molar refractivity (Wildman–Crippen MR) is 74.4 cm³/mol. The molecule has 0 radical (unpaired) electrons. The number of hydrogen-bond donors (Lipinski definition) is 2. The molecule has 0 saturated heterocycles. The molecule has 98 valence electrons. The molecule has 1 aliphatic rings. The molecule has 0 aliphatic carbocycles. The Hall–Kier alpha value is -1.16. The van der Waals surface area contributed by atoms with Crippen molar-refractivity contribution >= 4 is 0 Å². The molecule has 2 rings (SSSR count). The average molecular weight is 246 g/mol. The van der Waals surface area contributed by atoms with Gasteiger partial charge in [-0.1, -0.05) is 24.3 Å². The first-order valence-electron chi connectivity index (χ1n) is 6.59. The highest BCUT2D eigenvalue weighted by molar-refractivity contribution is 5.33. The summed E-state index contributed by atoms with van der Waals surface area (Å²) in [6.45, 7) is 8.40. The van der Waals surface area contributed by atoms with Crippen LogP contribution in [0.3, 0.4) is 0 Å².